The molecule has 1 aliphatic rings. The minimum Gasteiger partial charge on any atom is -0.462 e. The van der Waals surface area contributed by atoms with Crippen LogP contribution >= 0.6 is 0 Å². The van der Waals surface area contributed by atoms with Crippen LogP contribution in [0.15, 0.2) is 10.7 Å². The highest BCUT2D eigenvalue weighted by Gasteiger charge is 2.26. The summed E-state index contributed by atoms with van der Waals surface area (Å²) in [4.78, 5) is 22.8. The van der Waals surface area contributed by atoms with E-state index in [1.54, 1.807) is 13.8 Å². The minimum absolute atomic E-state index is 0.331. The van der Waals surface area contributed by atoms with Gasteiger partial charge >= 0.3 is 5.97 Å². The summed E-state index contributed by atoms with van der Waals surface area (Å²) in [5.41, 5.74) is 0.895. The first-order valence-electron chi connectivity index (χ1n) is 6.88. The van der Waals surface area contributed by atoms with E-state index in [4.69, 9.17) is 9.15 Å². The first-order valence-corrected chi connectivity index (χ1v) is 6.88. The predicted octanol–water partition coefficient (Wildman–Crippen LogP) is 2.31. The number of nitrogens with zero attached hydrogens (tertiary/aromatic N) is 3. The van der Waals surface area contributed by atoms with Gasteiger partial charge in [-0.15, -0.1) is 0 Å². The van der Waals surface area contributed by atoms with Crippen LogP contribution in [0, 0.1) is 6.92 Å². The normalized spacial score (nSPS) is 15.0. The summed E-state index contributed by atoms with van der Waals surface area (Å²) in [6.07, 6.45) is 3.75. The SMILES string of the molecule is CCOC(=O)c1c(C)oc2ncnc(N3CCCC3)c12. The second-order valence-corrected chi connectivity index (χ2v) is 4.83. The van der Waals surface area contributed by atoms with Crippen LogP contribution in [0.1, 0.15) is 35.9 Å². The molecular formula is C14H17N3O3. The molecule has 0 N–H and O–H groups in total. The Balaban J connectivity index is 2.18. The van der Waals surface area contributed by atoms with Crippen LogP contribution in [0.25, 0.3) is 11.1 Å². The highest BCUT2D eigenvalue weighted by atomic mass is 16.5. The molecule has 0 saturated carbocycles. The van der Waals surface area contributed by atoms with Gasteiger partial charge in [0.15, 0.2) is 0 Å². The summed E-state index contributed by atoms with van der Waals surface area (Å²) in [6, 6.07) is 0. The van der Waals surface area contributed by atoms with Crippen molar-refractivity contribution in [3.05, 3.63) is 17.7 Å². The summed E-state index contributed by atoms with van der Waals surface area (Å²) in [6.45, 7) is 5.75. The van der Waals surface area contributed by atoms with Gasteiger partial charge in [0.25, 0.3) is 0 Å². The molecule has 0 amide bonds. The monoisotopic (exact) mass is 275 g/mol. The van der Waals surface area contributed by atoms with Crippen molar-refractivity contribution in [2.24, 2.45) is 0 Å². The molecule has 0 bridgehead atoms. The molecule has 1 aliphatic heterocycles. The number of hydrogen-bond donors (Lipinski definition) is 0. The molecule has 0 aromatic carbocycles. The van der Waals surface area contributed by atoms with Crippen LogP contribution in [-0.4, -0.2) is 35.6 Å². The molecule has 0 atom stereocenters. The molecule has 20 heavy (non-hydrogen) atoms. The fourth-order valence-corrected chi connectivity index (χ4v) is 2.65. The van der Waals surface area contributed by atoms with Gasteiger partial charge in [0.2, 0.25) is 5.71 Å². The highest BCUT2D eigenvalue weighted by Crippen LogP contribution is 2.33. The second kappa shape index (κ2) is 5.11. The molecule has 0 aliphatic carbocycles. The lowest BCUT2D eigenvalue weighted by molar-refractivity contribution is 0.0526. The smallest absolute Gasteiger partial charge is 0.342 e. The molecule has 0 spiro atoms. The number of fused-ring (bicyclic) bond motifs is 1. The van der Waals surface area contributed by atoms with E-state index >= 15 is 0 Å². The van der Waals surface area contributed by atoms with Crippen molar-refractivity contribution in [2.45, 2.75) is 26.7 Å². The van der Waals surface area contributed by atoms with Crippen molar-refractivity contribution in [3.63, 3.8) is 0 Å². The Kier molecular flexibility index (Phi) is 3.30. The number of anilines is 1. The van der Waals surface area contributed by atoms with Crippen LogP contribution in [-0.2, 0) is 4.74 Å². The van der Waals surface area contributed by atoms with E-state index in [1.165, 1.54) is 6.33 Å². The highest BCUT2D eigenvalue weighted by molar-refractivity contribution is 6.07. The number of carbonyl (C=O) groups is 1. The molecule has 6 heteroatoms. The zero-order chi connectivity index (χ0) is 14.1. The van der Waals surface area contributed by atoms with Crippen molar-refractivity contribution < 1.29 is 13.9 Å². The number of aryl methyl sites for hydroxylation is 1. The van der Waals surface area contributed by atoms with E-state index in [9.17, 15) is 4.79 Å². The lowest BCUT2D eigenvalue weighted by atomic mass is 10.2. The molecule has 1 saturated heterocycles. The fourth-order valence-electron chi connectivity index (χ4n) is 2.65. The average molecular weight is 275 g/mol. The summed E-state index contributed by atoms with van der Waals surface area (Å²) in [5, 5.41) is 0.672. The van der Waals surface area contributed by atoms with E-state index in [2.05, 4.69) is 14.9 Å². The Labute approximate surface area is 116 Å². The number of esters is 1. The van der Waals surface area contributed by atoms with Crippen molar-refractivity contribution in [1.29, 1.82) is 0 Å². The van der Waals surface area contributed by atoms with Gasteiger partial charge < -0.3 is 14.1 Å². The number of ether oxygens (including phenoxy) is 1. The first-order chi connectivity index (χ1) is 9.72. The number of carbonyl (C=O) groups excluding carboxylic acids is 1. The molecule has 0 radical (unpaired) electrons. The molecule has 2 aromatic rings. The third-order valence-electron chi connectivity index (χ3n) is 3.53. The summed E-state index contributed by atoms with van der Waals surface area (Å²) in [7, 11) is 0. The van der Waals surface area contributed by atoms with Gasteiger partial charge in [0.05, 0.1) is 12.0 Å². The third kappa shape index (κ3) is 2.01. The van der Waals surface area contributed by atoms with Crippen molar-refractivity contribution >= 4 is 22.9 Å². The lowest BCUT2D eigenvalue weighted by Gasteiger charge is -2.16. The Morgan fingerprint density at radius 1 is 1.40 bits per heavy atom. The Hall–Kier alpha value is -2.11. The molecular weight excluding hydrogens is 258 g/mol. The van der Waals surface area contributed by atoms with E-state index < -0.39 is 0 Å². The van der Waals surface area contributed by atoms with Crippen molar-refractivity contribution in [2.75, 3.05) is 24.6 Å². The van der Waals surface area contributed by atoms with Crippen LogP contribution in [0.3, 0.4) is 0 Å². The molecule has 106 valence electrons. The standard InChI is InChI=1S/C14H17N3O3/c1-3-19-14(18)10-9(2)20-13-11(10)12(15-8-16-13)17-6-4-5-7-17/h8H,3-7H2,1-2H3. The topological polar surface area (TPSA) is 68.5 Å². The van der Waals surface area contributed by atoms with Gasteiger partial charge in [-0.25, -0.2) is 14.8 Å². The quantitative estimate of drug-likeness (QED) is 0.801. The van der Waals surface area contributed by atoms with Crippen LogP contribution in [0.2, 0.25) is 0 Å². The van der Waals surface area contributed by atoms with Gasteiger partial charge in [-0.2, -0.15) is 0 Å². The summed E-state index contributed by atoms with van der Waals surface area (Å²) in [5.74, 6) is 0.922. The largest absolute Gasteiger partial charge is 0.462 e. The Morgan fingerprint density at radius 2 is 2.15 bits per heavy atom. The second-order valence-electron chi connectivity index (χ2n) is 4.83. The van der Waals surface area contributed by atoms with E-state index in [0.29, 0.717) is 29.0 Å². The van der Waals surface area contributed by atoms with Crippen molar-refractivity contribution in [3.8, 4) is 0 Å². The van der Waals surface area contributed by atoms with Gasteiger partial charge in [-0.1, -0.05) is 0 Å². The molecule has 6 nitrogen and oxygen atoms in total. The first kappa shape index (κ1) is 12.9. The molecule has 3 heterocycles. The summed E-state index contributed by atoms with van der Waals surface area (Å²) < 4.78 is 10.7. The Morgan fingerprint density at radius 3 is 2.85 bits per heavy atom. The van der Waals surface area contributed by atoms with Gasteiger partial charge in [0, 0.05) is 13.1 Å². The average Bonchev–Trinajstić information content (AvgIpc) is 3.04. The van der Waals surface area contributed by atoms with Gasteiger partial charge in [-0.3, -0.25) is 0 Å². The number of furan rings is 1. The predicted molar refractivity (Wildman–Crippen MR) is 73.9 cm³/mol. The Bertz CT molecular complexity index is 644. The van der Waals surface area contributed by atoms with E-state index in [-0.39, 0.29) is 5.97 Å². The number of rotatable bonds is 3. The fraction of sp³-hybridized carbons (Fsp3) is 0.500. The van der Waals surface area contributed by atoms with Gasteiger partial charge in [-0.05, 0) is 26.7 Å². The third-order valence-corrected chi connectivity index (χ3v) is 3.53. The van der Waals surface area contributed by atoms with E-state index in [1.807, 2.05) is 0 Å². The van der Waals surface area contributed by atoms with Crippen LogP contribution < -0.4 is 4.90 Å². The molecule has 2 aromatic heterocycles. The molecule has 0 unspecified atom stereocenters. The summed E-state index contributed by atoms with van der Waals surface area (Å²) >= 11 is 0. The molecule has 3 rings (SSSR count). The lowest BCUT2D eigenvalue weighted by Crippen LogP contribution is -2.20. The zero-order valence-electron chi connectivity index (χ0n) is 11.7. The van der Waals surface area contributed by atoms with E-state index in [0.717, 1.165) is 31.7 Å². The maximum atomic E-state index is 12.2. The zero-order valence-corrected chi connectivity index (χ0v) is 11.7. The van der Waals surface area contributed by atoms with Crippen LogP contribution in [0.4, 0.5) is 5.82 Å². The molecule has 1 fully saturated rings. The van der Waals surface area contributed by atoms with Gasteiger partial charge in [0.1, 0.15) is 23.5 Å². The maximum absolute atomic E-state index is 12.2. The van der Waals surface area contributed by atoms with Crippen LogP contribution in [0.5, 0.6) is 0 Å². The number of aromatic nitrogens is 2. The van der Waals surface area contributed by atoms with Crippen molar-refractivity contribution in [1.82, 2.24) is 9.97 Å². The minimum atomic E-state index is -0.376. The maximum Gasteiger partial charge on any atom is 0.342 e. The number of hydrogen-bond acceptors (Lipinski definition) is 6.